The van der Waals surface area contributed by atoms with E-state index in [1.807, 2.05) is 6.92 Å². The van der Waals surface area contributed by atoms with Gasteiger partial charge in [0.2, 0.25) is 5.91 Å². The number of nitrogens with zero attached hydrogens (tertiary/aromatic N) is 2. The van der Waals surface area contributed by atoms with Gasteiger partial charge in [0.1, 0.15) is 19.0 Å². The first kappa shape index (κ1) is 27.2. The summed E-state index contributed by atoms with van der Waals surface area (Å²) in [6.45, 7) is 3.26. The largest absolute Gasteiger partial charge is 0.490 e. The van der Waals surface area contributed by atoms with E-state index in [4.69, 9.17) is 9.47 Å². The van der Waals surface area contributed by atoms with Gasteiger partial charge in [-0.1, -0.05) is 31.0 Å². The second-order valence-corrected chi connectivity index (χ2v) is 10.6. The highest BCUT2D eigenvalue weighted by Crippen LogP contribution is 2.40. The second kappa shape index (κ2) is 12.6. The number of rotatable bonds is 8. The van der Waals surface area contributed by atoms with Crippen molar-refractivity contribution >= 4 is 50.8 Å². The number of ether oxygens (including phenoxy) is 2. The van der Waals surface area contributed by atoms with Crippen LogP contribution in [0.4, 0.5) is 9.18 Å². The van der Waals surface area contributed by atoms with Gasteiger partial charge in [-0.05, 0) is 77.3 Å². The Morgan fingerprint density at radius 1 is 1.11 bits per heavy atom. The highest BCUT2D eigenvalue weighted by Gasteiger charge is 2.37. The number of imide groups is 1. The average molecular weight is 591 g/mol. The predicted octanol–water partition coefficient (Wildman–Crippen LogP) is 6.00. The molecule has 196 valence electrons. The van der Waals surface area contributed by atoms with Gasteiger partial charge in [0, 0.05) is 18.7 Å². The van der Waals surface area contributed by atoms with Crippen LogP contribution in [0.1, 0.15) is 43.7 Å². The minimum Gasteiger partial charge on any atom is -0.490 e. The lowest BCUT2D eigenvalue weighted by molar-refractivity contribution is -0.135. The van der Waals surface area contributed by atoms with Crippen molar-refractivity contribution in [2.45, 2.75) is 39.2 Å². The summed E-state index contributed by atoms with van der Waals surface area (Å²) in [4.78, 5) is 41.3. The fourth-order valence-electron chi connectivity index (χ4n) is 4.18. The summed E-state index contributed by atoms with van der Waals surface area (Å²) >= 11 is 4.29. The molecule has 4 rings (SSSR count). The van der Waals surface area contributed by atoms with E-state index in [9.17, 15) is 18.8 Å². The second-order valence-electron chi connectivity index (χ2n) is 8.71. The zero-order valence-corrected chi connectivity index (χ0v) is 22.9. The molecule has 2 aromatic carbocycles. The molecule has 7 nitrogen and oxygen atoms in total. The van der Waals surface area contributed by atoms with Gasteiger partial charge in [-0.25, -0.2) is 4.39 Å². The van der Waals surface area contributed by atoms with Crippen LogP contribution >= 0.6 is 27.7 Å². The zero-order valence-electron chi connectivity index (χ0n) is 20.5. The Bertz CT molecular complexity index is 1210. The Labute approximate surface area is 228 Å². The minimum atomic E-state index is -0.493. The normalized spacial score (nSPS) is 17.3. The van der Waals surface area contributed by atoms with Crippen molar-refractivity contribution in [2.24, 2.45) is 0 Å². The van der Waals surface area contributed by atoms with E-state index in [2.05, 4.69) is 15.9 Å². The lowest BCUT2D eigenvalue weighted by Gasteiger charge is -2.22. The maximum Gasteiger partial charge on any atom is 0.294 e. The molecule has 2 saturated heterocycles. The van der Waals surface area contributed by atoms with Crippen molar-refractivity contribution in [1.82, 2.24) is 9.80 Å². The third-order valence-corrected chi connectivity index (χ3v) is 7.58. The molecule has 3 amide bonds. The van der Waals surface area contributed by atoms with Gasteiger partial charge in [-0.3, -0.25) is 19.3 Å². The Balaban J connectivity index is 1.50. The predicted molar refractivity (Wildman–Crippen MR) is 144 cm³/mol. The highest BCUT2D eigenvalue weighted by atomic mass is 79.9. The molecule has 0 N–H and O–H groups in total. The van der Waals surface area contributed by atoms with Gasteiger partial charge in [-0.2, -0.15) is 0 Å². The Hall–Kier alpha value is -2.85. The summed E-state index contributed by atoms with van der Waals surface area (Å²) < 4.78 is 26.2. The summed E-state index contributed by atoms with van der Waals surface area (Å²) in [5.74, 6) is -0.248. The topological polar surface area (TPSA) is 76.2 Å². The van der Waals surface area contributed by atoms with Gasteiger partial charge in [0.25, 0.3) is 11.1 Å². The number of benzene rings is 2. The molecule has 2 heterocycles. The van der Waals surface area contributed by atoms with Crippen LogP contribution in [0.5, 0.6) is 11.5 Å². The monoisotopic (exact) mass is 590 g/mol. The van der Waals surface area contributed by atoms with Crippen LogP contribution in [0.2, 0.25) is 0 Å². The number of amides is 3. The van der Waals surface area contributed by atoms with E-state index in [1.54, 1.807) is 41.3 Å². The van der Waals surface area contributed by atoms with Crippen molar-refractivity contribution in [3.63, 3.8) is 0 Å². The van der Waals surface area contributed by atoms with Crippen LogP contribution in [-0.4, -0.2) is 53.1 Å². The summed E-state index contributed by atoms with van der Waals surface area (Å²) in [5.41, 5.74) is 1.02. The van der Waals surface area contributed by atoms with Gasteiger partial charge >= 0.3 is 0 Å². The molecule has 0 atom stereocenters. The van der Waals surface area contributed by atoms with Crippen LogP contribution in [0, 0.1) is 5.82 Å². The number of carbonyl (C=O) groups is 3. The highest BCUT2D eigenvalue weighted by molar-refractivity contribution is 9.10. The number of hydrogen-bond donors (Lipinski definition) is 0. The molecule has 2 aliphatic heterocycles. The molecule has 0 spiro atoms. The average Bonchev–Trinajstić information content (AvgIpc) is 3.05. The fraction of sp³-hybridized carbons (Fsp3) is 0.370. The Kier molecular flexibility index (Phi) is 9.26. The smallest absolute Gasteiger partial charge is 0.294 e. The first-order valence-corrected chi connectivity index (χ1v) is 13.8. The van der Waals surface area contributed by atoms with Gasteiger partial charge in [-0.15, -0.1) is 0 Å². The molecule has 2 fully saturated rings. The fourth-order valence-corrected chi connectivity index (χ4v) is 5.60. The van der Waals surface area contributed by atoms with Crippen molar-refractivity contribution in [2.75, 3.05) is 26.2 Å². The molecule has 0 unspecified atom stereocenters. The number of likely N-dealkylation sites (tertiary alicyclic amines) is 1. The SMILES string of the molecule is CCOc1cc(C=C2SC(=O)N(CC(=O)N3CCCCCC3)C2=O)cc(Br)c1OCc1ccccc1F. The molecule has 0 bridgehead atoms. The van der Waals surface area contributed by atoms with Crippen LogP contribution < -0.4 is 9.47 Å². The molecule has 37 heavy (non-hydrogen) atoms. The molecule has 0 radical (unpaired) electrons. The zero-order chi connectivity index (χ0) is 26.4. The first-order valence-electron chi connectivity index (χ1n) is 12.2. The number of hydrogen-bond acceptors (Lipinski definition) is 6. The van der Waals surface area contributed by atoms with Gasteiger partial charge in [0.15, 0.2) is 11.5 Å². The van der Waals surface area contributed by atoms with Crippen LogP contribution in [0.3, 0.4) is 0 Å². The first-order chi connectivity index (χ1) is 17.9. The standard InChI is InChI=1S/C27H28BrFN2O5S/c1-2-35-22-14-18(13-20(28)25(22)36-17-19-9-5-6-10-21(19)29)15-23-26(33)31(27(34)37-23)16-24(32)30-11-7-3-4-8-12-30/h5-6,9-10,13-15H,2-4,7-8,11-12,16-17H2,1H3. The van der Waals surface area contributed by atoms with Crippen molar-refractivity contribution in [3.8, 4) is 11.5 Å². The lowest BCUT2D eigenvalue weighted by Crippen LogP contribution is -2.42. The molecule has 2 aliphatic rings. The van der Waals surface area contributed by atoms with Crippen LogP contribution in [-0.2, 0) is 16.2 Å². The maximum atomic E-state index is 14.0. The summed E-state index contributed by atoms with van der Waals surface area (Å²) in [7, 11) is 0. The Morgan fingerprint density at radius 3 is 2.54 bits per heavy atom. The third kappa shape index (κ3) is 6.73. The molecule has 0 aromatic heterocycles. The number of thioether (sulfide) groups is 1. The number of carbonyl (C=O) groups excluding carboxylic acids is 3. The van der Waals surface area contributed by atoms with E-state index < -0.39 is 11.1 Å². The number of halogens is 2. The molecular formula is C27H28BrFN2O5S. The van der Waals surface area contributed by atoms with Crippen LogP contribution in [0.15, 0.2) is 45.8 Å². The van der Waals surface area contributed by atoms with Gasteiger partial charge < -0.3 is 14.4 Å². The van der Waals surface area contributed by atoms with E-state index in [0.29, 0.717) is 46.8 Å². The summed E-state index contributed by atoms with van der Waals surface area (Å²) in [5, 5.41) is -0.464. The van der Waals surface area contributed by atoms with E-state index in [0.717, 1.165) is 42.3 Å². The van der Waals surface area contributed by atoms with E-state index in [1.165, 1.54) is 6.07 Å². The van der Waals surface area contributed by atoms with Crippen LogP contribution in [0.25, 0.3) is 6.08 Å². The van der Waals surface area contributed by atoms with Crippen molar-refractivity contribution < 1.29 is 28.2 Å². The molecule has 10 heteroatoms. The van der Waals surface area contributed by atoms with E-state index >= 15 is 0 Å². The van der Waals surface area contributed by atoms with Gasteiger partial charge in [0.05, 0.1) is 16.0 Å². The molecular weight excluding hydrogens is 563 g/mol. The third-order valence-electron chi connectivity index (χ3n) is 6.09. The van der Waals surface area contributed by atoms with Crippen molar-refractivity contribution in [1.29, 1.82) is 0 Å². The van der Waals surface area contributed by atoms with E-state index in [-0.39, 0.29) is 29.8 Å². The minimum absolute atomic E-state index is 0.00856. The molecule has 0 aliphatic carbocycles. The molecule has 0 saturated carbocycles. The Morgan fingerprint density at radius 2 is 1.84 bits per heavy atom. The van der Waals surface area contributed by atoms with Crippen molar-refractivity contribution in [3.05, 3.63) is 62.7 Å². The quantitative estimate of drug-likeness (QED) is 0.351. The summed E-state index contributed by atoms with van der Waals surface area (Å²) in [6, 6.07) is 9.79. The lowest BCUT2D eigenvalue weighted by atomic mass is 10.1. The maximum absolute atomic E-state index is 14.0. The molecule has 2 aromatic rings. The summed E-state index contributed by atoms with van der Waals surface area (Å²) in [6.07, 6.45) is 5.63.